The van der Waals surface area contributed by atoms with E-state index in [4.69, 9.17) is 9.26 Å². The van der Waals surface area contributed by atoms with Crippen LogP contribution in [0.1, 0.15) is 53.7 Å². The lowest BCUT2D eigenvalue weighted by atomic mass is 9.93. The number of aliphatic hydroxyl groups excluding tert-OH is 1. The van der Waals surface area contributed by atoms with Gasteiger partial charge in [0, 0.05) is 36.4 Å². The first kappa shape index (κ1) is 23.7. The van der Waals surface area contributed by atoms with Crippen molar-refractivity contribution in [2.45, 2.75) is 63.0 Å². The molecular formula is C23H28F3N3O4. The summed E-state index contributed by atoms with van der Waals surface area (Å²) in [6.45, 7) is 1.55. The molecule has 2 N–H and O–H groups in total. The van der Waals surface area contributed by atoms with Gasteiger partial charge in [-0.25, -0.2) is 0 Å². The van der Waals surface area contributed by atoms with Crippen LogP contribution >= 0.6 is 0 Å². The third kappa shape index (κ3) is 5.56. The van der Waals surface area contributed by atoms with E-state index >= 15 is 0 Å². The standard InChI is InChI=1S/C23H28F3N3O4/c1-29(17-9-10-32-13-17)12-19-20(22(31)27-16-3-2-4-18(30)11-16)28-33-21(19)14-5-7-15(8-6-14)23(24,25)26/h5-8,16-18,30H,2-4,9-13H2,1H3,(H,27,31)/t16-,17-,18+/m1/s1. The molecule has 0 unspecified atom stereocenters. The highest BCUT2D eigenvalue weighted by atomic mass is 19.4. The highest BCUT2D eigenvalue weighted by molar-refractivity contribution is 5.95. The molecule has 1 aliphatic carbocycles. The number of rotatable bonds is 6. The summed E-state index contributed by atoms with van der Waals surface area (Å²) in [4.78, 5) is 15.1. The highest BCUT2D eigenvalue weighted by Crippen LogP contribution is 2.33. The number of ether oxygens (including phenoxy) is 1. The molecular weight excluding hydrogens is 439 g/mol. The van der Waals surface area contributed by atoms with Crippen LogP contribution < -0.4 is 5.32 Å². The van der Waals surface area contributed by atoms with Crippen molar-refractivity contribution in [3.63, 3.8) is 0 Å². The van der Waals surface area contributed by atoms with Crippen LogP contribution in [0.25, 0.3) is 11.3 Å². The monoisotopic (exact) mass is 467 g/mol. The SMILES string of the molecule is CN(Cc1c(C(=O)N[C@@H]2CCC[C@H](O)C2)noc1-c1ccc(C(F)(F)F)cc1)[C@@H]1CCOC1. The summed E-state index contributed by atoms with van der Waals surface area (Å²) in [5, 5.41) is 16.8. The fourth-order valence-electron chi connectivity index (χ4n) is 4.47. The fraction of sp³-hybridized carbons (Fsp3) is 0.565. The second-order valence-corrected chi connectivity index (χ2v) is 8.84. The first-order chi connectivity index (χ1) is 15.7. The maximum Gasteiger partial charge on any atom is 0.416 e. The van der Waals surface area contributed by atoms with Gasteiger partial charge in [-0.1, -0.05) is 17.3 Å². The van der Waals surface area contributed by atoms with Crippen molar-refractivity contribution in [1.29, 1.82) is 0 Å². The van der Waals surface area contributed by atoms with Crippen molar-refractivity contribution < 1.29 is 32.3 Å². The third-order valence-corrected chi connectivity index (χ3v) is 6.40. The minimum atomic E-state index is -4.44. The van der Waals surface area contributed by atoms with E-state index in [1.807, 2.05) is 11.9 Å². The maximum absolute atomic E-state index is 13.1. The molecule has 10 heteroatoms. The Balaban J connectivity index is 1.61. The number of benzene rings is 1. The van der Waals surface area contributed by atoms with Gasteiger partial charge in [-0.05, 0) is 51.3 Å². The number of aliphatic hydroxyl groups is 1. The molecule has 1 aromatic carbocycles. The molecule has 1 amide bonds. The molecule has 1 aliphatic heterocycles. The predicted molar refractivity (Wildman–Crippen MR) is 113 cm³/mol. The topological polar surface area (TPSA) is 87.8 Å². The van der Waals surface area contributed by atoms with E-state index in [0.717, 1.165) is 31.4 Å². The number of nitrogens with zero attached hydrogens (tertiary/aromatic N) is 2. The van der Waals surface area contributed by atoms with Crippen LogP contribution in [0.2, 0.25) is 0 Å². The molecule has 33 heavy (non-hydrogen) atoms. The first-order valence-corrected chi connectivity index (χ1v) is 11.2. The van der Waals surface area contributed by atoms with Crippen molar-refractivity contribution in [3.05, 3.63) is 41.1 Å². The van der Waals surface area contributed by atoms with E-state index < -0.39 is 23.8 Å². The minimum Gasteiger partial charge on any atom is -0.393 e. The van der Waals surface area contributed by atoms with Crippen LogP contribution in [0, 0.1) is 0 Å². The van der Waals surface area contributed by atoms with Crippen LogP contribution in [-0.4, -0.2) is 59.5 Å². The molecule has 7 nitrogen and oxygen atoms in total. The summed E-state index contributed by atoms with van der Waals surface area (Å²) < 4.78 is 49.9. The number of halogens is 3. The number of likely N-dealkylation sites (N-methyl/N-ethyl adjacent to an activating group) is 1. The van der Waals surface area contributed by atoms with Crippen LogP contribution in [0.4, 0.5) is 13.2 Å². The van der Waals surface area contributed by atoms with E-state index in [-0.39, 0.29) is 23.5 Å². The Morgan fingerprint density at radius 2 is 2.00 bits per heavy atom. The number of hydrogen-bond donors (Lipinski definition) is 2. The Bertz CT molecular complexity index is 955. The maximum atomic E-state index is 13.1. The van der Waals surface area contributed by atoms with E-state index in [1.165, 1.54) is 12.1 Å². The molecule has 0 radical (unpaired) electrons. The zero-order chi connectivity index (χ0) is 23.6. The van der Waals surface area contributed by atoms with Gasteiger partial charge < -0.3 is 19.7 Å². The second kappa shape index (κ2) is 9.82. The van der Waals surface area contributed by atoms with E-state index in [1.54, 1.807) is 0 Å². The molecule has 1 saturated heterocycles. The lowest BCUT2D eigenvalue weighted by molar-refractivity contribution is -0.137. The minimum absolute atomic E-state index is 0.107. The molecule has 4 rings (SSSR count). The zero-order valence-electron chi connectivity index (χ0n) is 18.4. The largest absolute Gasteiger partial charge is 0.416 e. The van der Waals surface area contributed by atoms with Gasteiger partial charge >= 0.3 is 6.18 Å². The summed E-state index contributed by atoms with van der Waals surface area (Å²) in [5.41, 5.74) is 0.267. The van der Waals surface area contributed by atoms with Crippen LogP contribution in [-0.2, 0) is 17.5 Å². The van der Waals surface area contributed by atoms with Gasteiger partial charge in [-0.3, -0.25) is 9.69 Å². The normalized spacial score (nSPS) is 23.8. The predicted octanol–water partition coefficient (Wildman–Crippen LogP) is 3.61. The summed E-state index contributed by atoms with van der Waals surface area (Å²) in [6, 6.07) is 4.61. The van der Waals surface area contributed by atoms with Gasteiger partial charge in [0.2, 0.25) is 0 Å². The zero-order valence-corrected chi connectivity index (χ0v) is 18.4. The van der Waals surface area contributed by atoms with E-state index in [9.17, 15) is 23.1 Å². The molecule has 0 bridgehead atoms. The van der Waals surface area contributed by atoms with E-state index in [2.05, 4.69) is 10.5 Å². The Labute approximate surface area is 189 Å². The summed E-state index contributed by atoms with van der Waals surface area (Å²) >= 11 is 0. The van der Waals surface area contributed by atoms with Crippen LogP contribution in [0.15, 0.2) is 28.8 Å². The number of hydrogen-bond acceptors (Lipinski definition) is 6. The van der Waals surface area contributed by atoms with Gasteiger partial charge in [0.25, 0.3) is 5.91 Å². The summed E-state index contributed by atoms with van der Waals surface area (Å²) in [6.07, 6.45) is -1.27. The van der Waals surface area contributed by atoms with Crippen LogP contribution in [0.5, 0.6) is 0 Å². The number of amides is 1. The molecule has 2 aromatic rings. The molecule has 2 heterocycles. The number of nitrogens with one attached hydrogen (secondary N) is 1. The second-order valence-electron chi connectivity index (χ2n) is 8.84. The van der Waals surface area contributed by atoms with Gasteiger partial charge in [-0.2, -0.15) is 13.2 Å². The number of carbonyl (C=O) groups excluding carboxylic acids is 1. The average Bonchev–Trinajstić information content (AvgIpc) is 3.44. The number of carbonyl (C=O) groups is 1. The lowest BCUT2D eigenvalue weighted by Crippen LogP contribution is -2.40. The van der Waals surface area contributed by atoms with Crippen molar-refractivity contribution in [3.8, 4) is 11.3 Å². The molecule has 2 aliphatic rings. The van der Waals surface area contributed by atoms with Crippen molar-refractivity contribution in [1.82, 2.24) is 15.4 Å². The highest BCUT2D eigenvalue weighted by Gasteiger charge is 2.32. The Hall–Kier alpha value is -2.43. The molecule has 2 fully saturated rings. The van der Waals surface area contributed by atoms with Crippen molar-refractivity contribution in [2.24, 2.45) is 0 Å². The van der Waals surface area contributed by atoms with Gasteiger partial charge in [-0.15, -0.1) is 0 Å². The Morgan fingerprint density at radius 3 is 2.64 bits per heavy atom. The third-order valence-electron chi connectivity index (χ3n) is 6.40. The number of alkyl halides is 3. The van der Waals surface area contributed by atoms with E-state index in [0.29, 0.717) is 43.7 Å². The van der Waals surface area contributed by atoms with Crippen LogP contribution in [0.3, 0.4) is 0 Å². The smallest absolute Gasteiger partial charge is 0.393 e. The quantitative estimate of drug-likeness (QED) is 0.675. The summed E-state index contributed by atoms with van der Waals surface area (Å²) in [7, 11) is 1.90. The fourth-order valence-corrected chi connectivity index (χ4v) is 4.47. The average molecular weight is 467 g/mol. The molecule has 1 saturated carbocycles. The molecule has 3 atom stereocenters. The van der Waals surface area contributed by atoms with Gasteiger partial charge in [0.05, 0.1) is 18.3 Å². The molecule has 180 valence electrons. The first-order valence-electron chi connectivity index (χ1n) is 11.2. The molecule has 1 aromatic heterocycles. The van der Waals surface area contributed by atoms with Gasteiger partial charge in [0.15, 0.2) is 11.5 Å². The van der Waals surface area contributed by atoms with Crippen molar-refractivity contribution in [2.75, 3.05) is 20.3 Å². The molecule has 0 spiro atoms. The number of aromatic nitrogens is 1. The van der Waals surface area contributed by atoms with Crippen molar-refractivity contribution >= 4 is 5.91 Å². The Morgan fingerprint density at radius 1 is 1.24 bits per heavy atom. The summed E-state index contributed by atoms with van der Waals surface area (Å²) in [5.74, 6) is -0.148. The van der Waals surface area contributed by atoms with Gasteiger partial charge in [0.1, 0.15) is 0 Å². The Kier molecular flexibility index (Phi) is 7.06. The lowest BCUT2D eigenvalue weighted by Gasteiger charge is -2.26.